The molecule has 1 heterocycles. The van der Waals surface area contributed by atoms with Crippen LogP contribution in [-0.4, -0.2) is 46.5 Å². The summed E-state index contributed by atoms with van der Waals surface area (Å²) >= 11 is 5.90. The maximum atomic E-state index is 12.2. The zero-order chi connectivity index (χ0) is 18.6. The number of rotatable bonds is 7. The molecule has 0 spiro atoms. The zero-order valence-corrected chi connectivity index (χ0v) is 15.0. The molecule has 2 aromatic rings. The van der Waals surface area contributed by atoms with Gasteiger partial charge in [-0.05, 0) is 38.1 Å². The summed E-state index contributed by atoms with van der Waals surface area (Å²) in [5, 5.41) is 16.6. The third-order valence-corrected chi connectivity index (χ3v) is 4.07. The van der Waals surface area contributed by atoms with Crippen LogP contribution in [0.4, 0.5) is 0 Å². The number of nitrogens with zero attached hydrogens (tertiary/aromatic N) is 2. The van der Waals surface area contributed by atoms with Gasteiger partial charge in [0.1, 0.15) is 0 Å². The Kier molecular flexibility index (Phi) is 6.17. The topological polar surface area (TPSA) is 93.5 Å². The SMILES string of the molecule is COCC(NC(=O)Cc1c(C)nn(-c2ccc(Cl)cc2)c1C)C(=O)O. The van der Waals surface area contributed by atoms with E-state index in [4.69, 9.17) is 21.4 Å². The molecule has 2 N–H and O–H groups in total. The maximum absolute atomic E-state index is 12.2. The number of hydrogen-bond acceptors (Lipinski definition) is 4. The summed E-state index contributed by atoms with van der Waals surface area (Å²) in [6.45, 7) is 3.58. The largest absolute Gasteiger partial charge is 0.480 e. The van der Waals surface area contributed by atoms with Gasteiger partial charge in [-0.2, -0.15) is 5.10 Å². The Bertz CT molecular complexity index is 771. The fourth-order valence-corrected chi connectivity index (χ4v) is 2.64. The molecule has 1 aromatic carbocycles. The molecular formula is C17H20ClN3O4. The van der Waals surface area contributed by atoms with Crippen LogP contribution in [0.2, 0.25) is 5.02 Å². The lowest BCUT2D eigenvalue weighted by Gasteiger charge is -2.13. The third-order valence-electron chi connectivity index (χ3n) is 3.82. The number of aryl methyl sites for hydroxylation is 1. The molecule has 1 unspecified atom stereocenters. The van der Waals surface area contributed by atoms with Crippen LogP contribution < -0.4 is 5.32 Å². The van der Waals surface area contributed by atoms with Crippen molar-refractivity contribution in [1.29, 1.82) is 0 Å². The Morgan fingerprint density at radius 2 is 1.96 bits per heavy atom. The van der Waals surface area contributed by atoms with Crippen molar-refractivity contribution < 1.29 is 19.4 Å². The molecule has 7 nitrogen and oxygen atoms in total. The maximum Gasteiger partial charge on any atom is 0.328 e. The summed E-state index contributed by atoms with van der Waals surface area (Å²) in [5.41, 5.74) is 3.11. The van der Waals surface area contributed by atoms with Crippen molar-refractivity contribution >= 4 is 23.5 Å². The van der Waals surface area contributed by atoms with E-state index < -0.39 is 17.9 Å². The van der Waals surface area contributed by atoms with E-state index in [1.54, 1.807) is 16.8 Å². The molecule has 0 aliphatic rings. The monoisotopic (exact) mass is 365 g/mol. The molecular weight excluding hydrogens is 346 g/mol. The third kappa shape index (κ3) is 4.58. The van der Waals surface area contributed by atoms with Gasteiger partial charge in [0.05, 0.1) is 24.4 Å². The number of methoxy groups -OCH3 is 1. The summed E-state index contributed by atoms with van der Waals surface area (Å²) in [6, 6.07) is 6.13. The van der Waals surface area contributed by atoms with Crippen LogP contribution in [0.1, 0.15) is 17.0 Å². The molecule has 0 aliphatic carbocycles. The number of halogens is 1. The highest BCUT2D eigenvalue weighted by Crippen LogP contribution is 2.20. The number of carboxylic acids is 1. The second kappa shape index (κ2) is 8.13. The molecule has 1 amide bonds. The molecule has 0 bridgehead atoms. The Hall–Kier alpha value is -2.38. The highest BCUT2D eigenvalue weighted by atomic mass is 35.5. The molecule has 134 valence electrons. The average Bonchev–Trinajstić information content (AvgIpc) is 2.83. The van der Waals surface area contributed by atoms with E-state index >= 15 is 0 Å². The van der Waals surface area contributed by atoms with Crippen molar-refractivity contribution in [3.8, 4) is 5.69 Å². The molecule has 1 aromatic heterocycles. The van der Waals surface area contributed by atoms with Gasteiger partial charge >= 0.3 is 5.97 Å². The first-order valence-corrected chi connectivity index (χ1v) is 8.03. The Morgan fingerprint density at radius 1 is 1.32 bits per heavy atom. The number of aliphatic carboxylic acids is 1. The number of carboxylic acid groups (broad SMARTS) is 1. The van der Waals surface area contributed by atoms with Crippen LogP contribution in [0.25, 0.3) is 5.69 Å². The van der Waals surface area contributed by atoms with Gasteiger partial charge in [-0.3, -0.25) is 4.79 Å². The minimum absolute atomic E-state index is 0.0404. The van der Waals surface area contributed by atoms with E-state index in [9.17, 15) is 9.59 Å². The normalized spacial score (nSPS) is 12.0. The predicted octanol–water partition coefficient (Wildman–Crippen LogP) is 1.90. The average molecular weight is 366 g/mol. The van der Waals surface area contributed by atoms with E-state index in [2.05, 4.69) is 10.4 Å². The van der Waals surface area contributed by atoms with Gasteiger partial charge in [-0.15, -0.1) is 0 Å². The lowest BCUT2D eigenvalue weighted by Crippen LogP contribution is -2.44. The second-order valence-electron chi connectivity index (χ2n) is 5.63. The quantitative estimate of drug-likeness (QED) is 0.781. The number of benzene rings is 1. The molecule has 1 atom stereocenters. The van der Waals surface area contributed by atoms with Gasteiger partial charge in [0.15, 0.2) is 6.04 Å². The minimum Gasteiger partial charge on any atom is -0.480 e. The number of carbonyl (C=O) groups is 2. The molecule has 0 saturated heterocycles. The fourth-order valence-electron chi connectivity index (χ4n) is 2.51. The smallest absolute Gasteiger partial charge is 0.328 e. The molecule has 0 aliphatic heterocycles. The van der Waals surface area contributed by atoms with Crippen LogP contribution in [0.15, 0.2) is 24.3 Å². The van der Waals surface area contributed by atoms with Crippen LogP contribution in [0.3, 0.4) is 0 Å². The lowest BCUT2D eigenvalue weighted by molar-refractivity contribution is -0.143. The number of aromatic nitrogens is 2. The molecule has 8 heteroatoms. The Balaban J connectivity index is 2.19. The highest BCUT2D eigenvalue weighted by Gasteiger charge is 2.22. The summed E-state index contributed by atoms with van der Waals surface area (Å²) in [6.07, 6.45) is 0.0404. The van der Waals surface area contributed by atoms with Gasteiger partial charge in [0.25, 0.3) is 0 Å². The van der Waals surface area contributed by atoms with Crippen LogP contribution >= 0.6 is 11.6 Å². The fraction of sp³-hybridized carbons (Fsp3) is 0.353. The summed E-state index contributed by atoms with van der Waals surface area (Å²) in [7, 11) is 1.38. The van der Waals surface area contributed by atoms with Crippen molar-refractivity contribution in [1.82, 2.24) is 15.1 Å². The molecule has 0 radical (unpaired) electrons. The Labute approximate surface area is 150 Å². The number of hydrogen-bond donors (Lipinski definition) is 2. The number of amides is 1. The van der Waals surface area contributed by atoms with E-state index in [-0.39, 0.29) is 13.0 Å². The molecule has 0 fully saturated rings. The van der Waals surface area contributed by atoms with Gasteiger partial charge in [-0.25, -0.2) is 9.48 Å². The number of ether oxygens (including phenoxy) is 1. The van der Waals surface area contributed by atoms with Crippen LogP contribution in [-0.2, 0) is 20.7 Å². The van der Waals surface area contributed by atoms with Crippen molar-refractivity contribution in [2.24, 2.45) is 0 Å². The minimum atomic E-state index is -1.14. The van der Waals surface area contributed by atoms with E-state index in [1.165, 1.54) is 7.11 Å². The summed E-state index contributed by atoms with van der Waals surface area (Å²) < 4.78 is 6.55. The molecule has 0 saturated carbocycles. The first-order chi connectivity index (χ1) is 11.8. The molecule has 2 rings (SSSR count). The van der Waals surface area contributed by atoms with Crippen molar-refractivity contribution in [3.05, 3.63) is 46.2 Å². The van der Waals surface area contributed by atoms with Gasteiger partial charge in [0.2, 0.25) is 5.91 Å². The Morgan fingerprint density at radius 3 is 2.52 bits per heavy atom. The van der Waals surface area contributed by atoms with Crippen molar-refractivity contribution in [2.45, 2.75) is 26.3 Å². The highest BCUT2D eigenvalue weighted by molar-refractivity contribution is 6.30. The summed E-state index contributed by atoms with van der Waals surface area (Å²) in [5.74, 6) is -1.54. The standard InChI is InChI=1S/C17H20ClN3O4/c1-10-14(8-16(22)19-15(9-25-3)17(23)24)11(2)21(20-10)13-6-4-12(18)5-7-13/h4-7,15H,8-9H2,1-3H3,(H,19,22)(H,23,24). The van der Waals surface area contributed by atoms with Crippen molar-refractivity contribution in [2.75, 3.05) is 13.7 Å². The number of carbonyl (C=O) groups excluding carboxylic acids is 1. The summed E-state index contributed by atoms with van der Waals surface area (Å²) in [4.78, 5) is 23.3. The molecule has 25 heavy (non-hydrogen) atoms. The second-order valence-corrected chi connectivity index (χ2v) is 6.06. The predicted molar refractivity (Wildman–Crippen MR) is 93.2 cm³/mol. The zero-order valence-electron chi connectivity index (χ0n) is 14.2. The van der Waals surface area contributed by atoms with E-state index in [0.29, 0.717) is 10.7 Å². The van der Waals surface area contributed by atoms with E-state index in [1.807, 2.05) is 26.0 Å². The van der Waals surface area contributed by atoms with Gasteiger partial charge in [-0.1, -0.05) is 11.6 Å². The van der Waals surface area contributed by atoms with Crippen LogP contribution in [0.5, 0.6) is 0 Å². The van der Waals surface area contributed by atoms with Crippen LogP contribution in [0, 0.1) is 13.8 Å². The first-order valence-electron chi connectivity index (χ1n) is 7.65. The first kappa shape index (κ1) is 19.0. The van der Waals surface area contributed by atoms with Crippen molar-refractivity contribution in [3.63, 3.8) is 0 Å². The number of nitrogens with one attached hydrogen (secondary N) is 1. The van der Waals surface area contributed by atoms with Gasteiger partial charge in [0, 0.05) is 23.4 Å². The lowest BCUT2D eigenvalue weighted by atomic mass is 10.1. The van der Waals surface area contributed by atoms with E-state index in [0.717, 1.165) is 16.9 Å². The van der Waals surface area contributed by atoms with Gasteiger partial charge < -0.3 is 15.2 Å².